The highest BCUT2D eigenvalue weighted by molar-refractivity contribution is 5.26. The highest BCUT2D eigenvalue weighted by Crippen LogP contribution is 2.24. The number of aliphatic hydroxyl groups is 1. The molecule has 0 heterocycles. The second-order valence-corrected chi connectivity index (χ2v) is 3.91. The maximum absolute atomic E-state index is 9.09. The first-order chi connectivity index (χ1) is 7.28. The van der Waals surface area contributed by atoms with Crippen LogP contribution in [0, 0.1) is 0 Å². The molecule has 3 heteroatoms. The van der Waals surface area contributed by atoms with Crippen molar-refractivity contribution in [1.29, 1.82) is 0 Å². The van der Waals surface area contributed by atoms with Crippen molar-refractivity contribution in [3.05, 3.63) is 29.8 Å². The van der Waals surface area contributed by atoms with Crippen LogP contribution in [0.4, 0.5) is 0 Å². The minimum atomic E-state index is -0.147. The summed E-state index contributed by atoms with van der Waals surface area (Å²) in [5, 5.41) is 9.09. The maximum Gasteiger partial charge on any atom is 0.118 e. The Labute approximate surface area is 89.6 Å². The number of ether oxygens (including phenoxy) is 2. The molecule has 0 amide bonds. The number of benzene rings is 1. The van der Waals surface area contributed by atoms with E-state index in [0.29, 0.717) is 6.61 Å². The second kappa shape index (κ2) is 4.64. The minimum absolute atomic E-state index is 0.147. The first kappa shape index (κ1) is 10.5. The zero-order valence-corrected chi connectivity index (χ0v) is 8.85. The van der Waals surface area contributed by atoms with E-state index in [1.807, 2.05) is 24.3 Å². The largest absolute Gasteiger partial charge is 0.497 e. The topological polar surface area (TPSA) is 38.7 Å². The summed E-state index contributed by atoms with van der Waals surface area (Å²) >= 11 is 0. The van der Waals surface area contributed by atoms with Crippen LogP contribution < -0.4 is 4.74 Å². The lowest BCUT2D eigenvalue weighted by Crippen LogP contribution is -2.35. The van der Waals surface area contributed by atoms with Gasteiger partial charge in [-0.15, -0.1) is 0 Å². The number of aliphatic hydroxyl groups excluding tert-OH is 1. The summed E-state index contributed by atoms with van der Waals surface area (Å²) in [6.45, 7) is 0.612. The van der Waals surface area contributed by atoms with E-state index in [2.05, 4.69) is 0 Å². The molecular formula is C12H16O3. The van der Waals surface area contributed by atoms with E-state index in [1.54, 1.807) is 7.11 Å². The molecule has 0 saturated heterocycles. The van der Waals surface area contributed by atoms with Gasteiger partial charge in [0.2, 0.25) is 0 Å². The summed E-state index contributed by atoms with van der Waals surface area (Å²) < 4.78 is 10.7. The third kappa shape index (κ3) is 2.70. The predicted octanol–water partition coefficient (Wildman–Crippen LogP) is 1.74. The molecule has 1 aromatic rings. The van der Waals surface area contributed by atoms with E-state index in [9.17, 15) is 0 Å². The van der Waals surface area contributed by atoms with Crippen LogP contribution in [0.15, 0.2) is 24.3 Å². The van der Waals surface area contributed by atoms with Crippen LogP contribution >= 0.6 is 0 Å². The lowest BCUT2D eigenvalue weighted by molar-refractivity contribution is -0.0778. The van der Waals surface area contributed by atoms with Crippen molar-refractivity contribution in [2.45, 2.75) is 31.7 Å². The minimum Gasteiger partial charge on any atom is -0.497 e. The summed E-state index contributed by atoms with van der Waals surface area (Å²) in [5.41, 5.74) is 1.14. The third-order valence-corrected chi connectivity index (χ3v) is 2.71. The lowest BCUT2D eigenvalue weighted by atomic mass is 9.92. The molecule has 2 rings (SSSR count). The fourth-order valence-corrected chi connectivity index (χ4v) is 1.61. The Kier molecular flexibility index (Phi) is 3.23. The molecule has 1 aliphatic rings. The van der Waals surface area contributed by atoms with Gasteiger partial charge in [-0.1, -0.05) is 12.1 Å². The van der Waals surface area contributed by atoms with Crippen LogP contribution in [0.2, 0.25) is 0 Å². The van der Waals surface area contributed by atoms with Crippen LogP contribution in [-0.2, 0) is 11.3 Å². The molecule has 1 N–H and O–H groups in total. The average Bonchev–Trinajstić information content (AvgIpc) is 2.23. The van der Waals surface area contributed by atoms with Gasteiger partial charge in [-0.2, -0.15) is 0 Å². The molecule has 1 aromatic carbocycles. The van der Waals surface area contributed by atoms with Crippen LogP contribution in [-0.4, -0.2) is 24.4 Å². The van der Waals surface area contributed by atoms with Crippen molar-refractivity contribution in [2.24, 2.45) is 0 Å². The molecule has 0 aromatic heterocycles. The van der Waals surface area contributed by atoms with Gasteiger partial charge in [-0.05, 0) is 30.5 Å². The average molecular weight is 208 g/mol. The first-order valence-corrected chi connectivity index (χ1v) is 5.20. The summed E-state index contributed by atoms with van der Waals surface area (Å²) in [6.07, 6.45) is 1.64. The summed E-state index contributed by atoms with van der Waals surface area (Å²) in [6, 6.07) is 7.84. The molecule has 0 unspecified atom stereocenters. The van der Waals surface area contributed by atoms with E-state index in [0.717, 1.165) is 24.2 Å². The smallest absolute Gasteiger partial charge is 0.118 e. The zero-order valence-electron chi connectivity index (χ0n) is 8.85. The Balaban J connectivity index is 1.78. The van der Waals surface area contributed by atoms with Gasteiger partial charge in [-0.3, -0.25) is 0 Å². The molecule has 1 fully saturated rings. The molecule has 0 atom stereocenters. The van der Waals surface area contributed by atoms with Gasteiger partial charge in [0.15, 0.2) is 0 Å². The monoisotopic (exact) mass is 208 g/mol. The molecule has 3 nitrogen and oxygen atoms in total. The molecule has 0 aliphatic heterocycles. The predicted molar refractivity (Wildman–Crippen MR) is 56.8 cm³/mol. The Bertz CT molecular complexity index is 301. The van der Waals surface area contributed by atoms with E-state index in [4.69, 9.17) is 14.6 Å². The normalized spacial score (nSPS) is 24.7. The van der Waals surface area contributed by atoms with Crippen molar-refractivity contribution < 1.29 is 14.6 Å². The van der Waals surface area contributed by atoms with Gasteiger partial charge in [0, 0.05) is 0 Å². The zero-order chi connectivity index (χ0) is 10.7. The fourth-order valence-electron chi connectivity index (χ4n) is 1.61. The van der Waals surface area contributed by atoms with Crippen LogP contribution in [0.1, 0.15) is 18.4 Å². The molecule has 82 valence electrons. The highest BCUT2D eigenvalue weighted by Gasteiger charge is 2.27. The van der Waals surface area contributed by atoms with E-state index in [-0.39, 0.29) is 12.2 Å². The van der Waals surface area contributed by atoms with Gasteiger partial charge in [0.25, 0.3) is 0 Å². The number of methoxy groups -OCH3 is 1. The van der Waals surface area contributed by atoms with Crippen LogP contribution in [0.3, 0.4) is 0 Å². The van der Waals surface area contributed by atoms with Gasteiger partial charge < -0.3 is 14.6 Å². The van der Waals surface area contributed by atoms with Gasteiger partial charge in [-0.25, -0.2) is 0 Å². The molecular weight excluding hydrogens is 192 g/mol. The SMILES string of the molecule is COc1ccc(COC2CC(O)C2)cc1. The van der Waals surface area contributed by atoms with Crippen molar-refractivity contribution >= 4 is 0 Å². The molecule has 1 saturated carbocycles. The summed E-state index contributed by atoms with van der Waals surface area (Å²) in [7, 11) is 1.65. The summed E-state index contributed by atoms with van der Waals surface area (Å²) in [5.74, 6) is 0.859. The van der Waals surface area contributed by atoms with Gasteiger partial charge >= 0.3 is 0 Å². The molecule has 0 spiro atoms. The molecule has 1 aliphatic carbocycles. The van der Waals surface area contributed by atoms with Crippen molar-refractivity contribution in [3.63, 3.8) is 0 Å². The number of hydrogen-bond acceptors (Lipinski definition) is 3. The Hall–Kier alpha value is -1.06. The molecule has 0 bridgehead atoms. The van der Waals surface area contributed by atoms with E-state index >= 15 is 0 Å². The van der Waals surface area contributed by atoms with Gasteiger partial charge in [0.1, 0.15) is 5.75 Å². The Morgan fingerprint density at radius 3 is 2.47 bits per heavy atom. The quantitative estimate of drug-likeness (QED) is 0.819. The molecule has 15 heavy (non-hydrogen) atoms. The van der Waals surface area contributed by atoms with Crippen LogP contribution in [0.25, 0.3) is 0 Å². The van der Waals surface area contributed by atoms with Gasteiger partial charge in [0.05, 0.1) is 25.9 Å². The van der Waals surface area contributed by atoms with Crippen molar-refractivity contribution in [2.75, 3.05) is 7.11 Å². The lowest BCUT2D eigenvalue weighted by Gasteiger charge is -2.31. The second-order valence-electron chi connectivity index (χ2n) is 3.91. The number of rotatable bonds is 4. The van der Waals surface area contributed by atoms with Crippen LogP contribution in [0.5, 0.6) is 5.75 Å². The highest BCUT2D eigenvalue weighted by atomic mass is 16.5. The first-order valence-electron chi connectivity index (χ1n) is 5.20. The maximum atomic E-state index is 9.09. The number of hydrogen-bond donors (Lipinski definition) is 1. The Morgan fingerprint density at radius 1 is 1.27 bits per heavy atom. The Morgan fingerprint density at radius 2 is 1.93 bits per heavy atom. The van der Waals surface area contributed by atoms with E-state index in [1.165, 1.54) is 0 Å². The van der Waals surface area contributed by atoms with Crippen molar-refractivity contribution in [3.8, 4) is 5.75 Å². The van der Waals surface area contributed by atoms with Crippen molar-refractivity contribution in [1.82, 2.24) is 0 Å². The standard InChI is InChI=1S/C12H16O3/c1-14-11-4-2-9(3-5-11)8-15-12-6-10(13)7-12/h2-5,10,12-13H,6-8H2,1H3. The van der Waals surface area contributed by atoms with E-state index < -0.39 is 0 Å². The summed E-state index contributed by atoms with van der Waals surface area (Å²) in [4.78, 5) is 0. The third-order valence-electron chi connectivity index (χ3n) is 2.71. The fraction of sp³-hybridized carbons (Fsp3) is 0.500. The molecule has 0 radical (unpaired) electrons.